The predicted molar refractivity (Wildman–Crippen MR) is 105 cm³/mol. The fourth-order valence-corrected chi connectivity index (χ4v) is 4.41. The van der Waals surface area contributed by atoms with Crippen LogP contribution >= 0.6 is 0 Å². The Morgan fingerprint density at radius 3 is 2.46 bits per heavy atom. The van der Waals surface area contributed by atoms with Crippen LogP contribution in [0.1, 0.15) is 55.3 Å². The lowest BCUT2D eigenvalue weighted by molar-refractivity contribution is -0.145. The summed E-state index contributed by atoms with van der Waals surface area (Å²) in [6.45, 7) is 5.87. The van der Waals surface area contributed by atoms with Gasteiger partial charge in [-0.15, -0.1) is 0 Å². The Labute approximate surface area is 162 Å². The molecule has 1 N–H and O–H groups in total. The molecule has 0 unspecified atom stereocenters. The topological polar surface area (TPSA) is 42.2 Å². The number of halogens is 2. The van der Waals surface area contributed by atoms with E-state index in [1.807, 2.05) is 4.57 Å². The number of hydrogen-bond acceptors (Lipinski definition) is 1. The van der Waals surface area contributed by atoms with Gasteiger partial charge in [0, 0.05) is 16.8 Å². The average Bonchev–Trinajstić information content (AvgIpc) is 2.90. The van der Waals surface area contributed by atoms with Gasteiger partial charge >= 0.3 is 5.97 Å². The fraction of sp³-hybridized carbons (Fsp3) is 0.348. The molecule has 1 aliphatic rings. The Kier molecular flexibility index (Phi) is 4.48. The zero-order valence-electron chi connectivity index (χ0n) is 16.2. The molecular formula is C23H23F2NO2. The van der Waals surface area contributed by atoms with Crippen LogP contribution in [0.15, 0.2) is 36.4 Å². The number of carbonyl (C=O) groups is 1. The van der Waals surface area contributed by atoms with E-state index < -0.39 is 5.97 Å². The maximum atomic E-state index is 14.1. The number of hydrogen-bond donors (Lipinski definition) is 1. The molecule has 0 atom stereocenters. The number of nitrogens with zero attached hydrogens (tertiary/aromatic N) is 1. The van der Waals surface area contributed by atoms with Crippen molar-refractivity contribution >= 4 is 16.9 Å². The number of aromatic nitrogens is 1. The highest BCUT2D eigenvalue weighted by atomic mass is 19.1. The molecule has 28 heavy (non-hydrogen) atoms. The maximum Gasteiger partial charge on any atom is 0.306 e. The van der Waals surface area contributed by atoms with Crippen LogP contribution in [0.3, 0.4) is 0 Å². The molecule has 146 valence electrons. The highest BCUT2D eigenvalue weighted by Crippen LogP contribution is 2.48. The number of rotatable bonds is 4. The molecule has 1 fully saturated rings. The Morgan fingerprint density at radius 1 is 1.14 bits per heavy atom. The van der Waals surface area contributed by atoms with Crippen molar-refractivity contribution in [3.05, 3.63) is 64.9 Å². The van der Waals surface area contributed by atoms with Gasteiger partial charge in [0.1, 0.15) is 11.6 Å². The van der Waals surface area contributed by atoms with Crippen LogP contribution in [0.5, 0.6) is 0 Å². The molecule has 3 aromatic rings. The molecule has 4 rings (SSSR count). The van der Waals surface area contributed by atoms with Crippen molar-refractivity contribution in [1.29, 1.82) is 0 Å². The Morgan fingerprint density at radius 2 is 1.86 bits per heavy atom. The van der Waals surface area contributed by atoms with Crippen LogP contribution in [0, 0.1) is 24.5 Å². The van der Waals surface area contributed by atoms with E-state index in [1.54, 1.807) is 25.1 Å². The first-order chi connectivity index (χ1) is 13.3. The van der Waals surface area contributed by atoms with Crippen molar-refractivity contribution in [2.75, 3.05) is 0 Å². The van der Waals surface area contributed by atoms with Crippen molar-refractivity contribution in [1.82, 2.24) is 4.57 Å². The van der Waals surface area contributed by atoms with Crippen LogP contribution < -0.4 is 0 Å². The molecule has 0 radical (unpaired) electrons. The van der Waals surface area contributed by atoms with Gasteiger partial charge in [0.2, 0.25) is 0 Å². The van der Waals surface area contributed by atoms with Crippen LogP contribution in [-0.4, -0.2) is 15.6 Å². The lowest BCUT2D eigenvalue weighted by Crippen LogP contribution is -2.29. The SMILES string of the molecule is Cc1cc(-n2c(C(C)C)c(C3CC(C(=O)O)C3)c3ccc(F)cc32)ccc1F. The third-order valence-electron chi connectivity index (χ3n) is 5.85. The van der Waals surface area contributed by atoms with E-state index in [-0.39, 0.29) is 29.4 Å². The summed E-state index contributed by atoms with van der Waals surface area (Å²) >= 11 is 0. The number of carboxylic acid groups (broad SMARTS) is 1. The summed E-state index contributed by atoms with van der Waals surface area (Å²) in [6, 6.07) is 9.66. The van der Waals surface area contributed by atoms with Crippen LogP contribution in [0.4, 0.5) is 8.78 Å². The van der Waals surface area contributed by atoms with Gasteiger partial charge in [0.05, 0.1) is 11.4 Å². The molecule has 0 saturated heterocycles. The molecule has 0 spiro atoms. The molecule has 1 saturated carbocycles. The maximum absolute atomic E-state index is 14.1. The number of aryl methyl sites for hydroxylation is 1. The summed E-state index contributed by atoms with van der Waals surface area (Å²) in [7, 11) is 0. The average molecular weight is 383 g/mol. The quantitative estimate of drug-likeness (QED) is 0.608. The first kappa shape index (κ1) is 18.7. The second-order valence-electron chi connectivity index (χ2n) is 8.09. The third kappa shape index (κ3) is 2.89. The lowest BCUT2D eigenvalue weighted by Gasteiger charge is -2.34. The van der Waals surface area contributed by atoms with E-state index in [1.165, 1.54) is 18.2 Å². The molecule has 0 aliphatic heterocycles. The molecule has 1 heterocycles. The molecule has 0 amide bonds. The first-order valence-corrected chi connectivity index (χ1v) is 9.61. The molecular weight excluding hydrogens is 360 g/mol. The van der Waals surface area contributed by atoms with Gasteiger partial charge in [-0.2, -0.15) is 0 Å². The van der Waals surface area contributed by atoms with E-state index in [0.717, 1.165) is 27.8 Å². The monoisotopic (exact) mass is 383 g/mol. The number of carboxylic acids is 1. The summed E-state index contributed by atoms with van der Waals surface area (Å²) in [5.74, 6) is -1.41. The van der Waals surface area contributed by atoms with E-state index in [4.69, 9.17) is 0 Å². The zero-order chi connectivity index (χ0) is 20.2. The summed E-state index contributed by atoms with van der Waals surface area (Å²) in [5.41, 5.74) is 4.20. The van der Waals surface area contributed by atoms with Crippen molar-refractivity contribution in [3.8, 4) is 5.69 Å². The van der Waals surface area contributed by atoms with Crippen molar-refractivity contribution in [3.63, 3.8) is 0 Å². The van der Waals surface area contributed by atoms with Gasteiger partial charge < -0.3 is 9.67 Å². The summed E-state index contributed by atoms with van der Waals surface area (Å²) in [5, 5.41) is 10.2. The number of benzene rings is 2. The molecule has 0 bridgehead atoms. The smallest absolute Gasteiger partial charge is 0.306 e. The van der Waals surface area contributed by atoms with E-state index in [2.05, 4.69) is 13.8 Å². The molecule has 2 aromatic carbocycles. The molecule has 1 aromatic heterocycles. The fourth-order valence-electron chi connectivity index (χ4n) is 4.41. The van der Waals surface area contributed by atoms with E-state index in [0.29, 0.717) is 18.4 Å². The summed E-state index contributed by atoms with van der Waals surface area (Å²) in [4.78, 5) is 11.3. The van der Waals surface area contributed by atoms with Gasteiger partial charge in [-0.1, -0.05) is 13.8 Å². The molecule has 3 nitrogen and oxygen atoms in total. The van der Waals surface area contributed by atoms with Gasteiger partial charge in [-0.3, -0.25) is 4.79 Å². The number of fused-ring (bicyclic) bond motifs is 1. The Hall–Kier alpha value is -2.69. The molecule has 1 aliphatic carbocycles. The second-order valence-corrected chi connectivity index (χ2v) is 8.09. The van der Waals surface area contributed by atoms with E-state index >= 15 is 0 Å². The second kappa shape index (κ2) is 6.73. The normalized spacial score (nSPS) is 19.2. The highest BCUT2D eigenvalue weighted by Gasteiger charge is 2.39. The first-order valence-electron chi connectivity index (χ1n) is 9.61. The van der Waals surface area contributed by atoms with Gasteiger partial charge in [-0.25, -0.2) is 8.78 Å². The van der Waals surface area contributed by atoms with E-state index in [9.17, 15) is 18.7 Å². The lowest BCUT2D eigenvalue weighted by atomic mass is 9.70. The standard InChI is InChI=1S/C23H23F2NO2/c1-12(2)22-21(14-9-15(10-14)23(27)28)18-6-4-16(24)11-20(18)26(22)17-5-7-19(25)13(3)8-17/h4-8,11-12,14-15H,9-10H2,1-3H3,(H,27,28). The highest BCUT2D eigenvalue weighted by molar-refractivity contribution is 5.89. The van der Waals surface area contributed by atoms with Crippen molar-refractivity contribution < 1.29 is 18.7 Å². The third-order valence-corrected chi connectivity index (χ3v) is 5.85. The minimum absolute atomic E-state index is 0.134. The molecule has 5 heteroatoms. The van der Waals surface area contributed by atoms with Crippen molar-refractivity contribution in [2.24, 2.45) is 5.92 Å². The zero-order valence-corrected chi connectivity index (χ0v) is 16.2. The largest absolute Gasteiger partial charge is 0.481 e. The van der Waals surface area contributed by atoms with Crippen LogP contribution in [-0.2, 0) is 4.79 Å². The Balaban J connectivity index is 1.98. The predicted octanol–water partition coefficient (Wildman–Crippen LogP) is 5.92. The van der Waals surface area contributed by atoms with Crippen LogP contribution in [0.25, 0.3) is 16.6 Å². The van der Waals surface area contributed by atoms with Crippen molar-refractivity contribution in [2.45, 2.75) is 45.4 Å². The van der Waals surface area contributed by atoms with Gasteiger partial charge in [0.25, 0.3) is 0 Å². The van der Waals surface area contributed by atoms with Gasteiger partial charge in [0.15, 0.2) is 0 Å². The summed E-state index contributed by atoms with van der Waals surface area (Å²) < 4.78 is 30.0. The number of aliphatic carboxylic acids is 1. The van der Waals surface area contributed by atoms with Gasteiger partial charge in [-0.05, 0) is 79.1 Å². The minimum atomic E-state index is -0.758. The van der Waals surface area contributed by atoms with Crippen LogP contribution in [0.2, 0.25) is 0 Å². The summed E-state index contributed by atoms with van der Waals surface area (Å²) in [6.07, 6.45) is 1.18. The Bertz CT molecular complexity index is 1080. The minimum Gasteiger partial charge on any atom is -0.481 e.